The van der Waals surface area contributed by atoms with Crippen molar-refractivity contribution in [2.75, 3.05) is 12.4 Å². The van der Waals surface area contributed by atoms with Gasteiger partial charge in [0.05, 0.1) is 0 Å². The van der Waals surface area contributed by atoms with E-state index in [4.69, 9.17) is 5.73 Å². The first-order valence-electron chi connectivity index (χ1n) is 6.13. The Labute approximate surface area is 112 Å². The second kappa shape index (κ2) is 6.72. The standard InChI is InChI=1S/C13H19FN4O/c1-4-8-6-10(14)7-9(5-2)11(8)17-13(19)18-12(15)16-3/h6-7H,4-5H2,1-3H3,(H4,15,16,17,18,19). The van der Waals surface area contributed by atoms with Gasteiger partial charge in [-0.2, -0.15) is 0 Å². The SMILES string of the molecule is CCc1cc(F)cc(CC)c1NC(=O)NC(N)=NC. The molecular weight excluding hydrogens is 247 g/mol. The van der Waals surface area contributed by atoms with Crippen molar-refractivity contribution in [1.29, 1.82) is 0 Å². The molecule has 4 N–H and O–H groups in total. The van der Waals surface area contributed by atoms with Gasteiger partial charge in [0.25, 0.3) is 0 Å². The van der Waals surface area contributed by atoms with Crippen molar-refractivity contribution >= 4 is 17.7 Å². The molecule has 5 nitrogen and oxygen atoms in total. The number of aryl methyl sites for hydroxylation is 2. The van der Waals surface area contributed by atoms with Gasteiger partial charge in [-0.1, -0.05) is 13.8 Å². The van der Waals surface area contributed by atoms with Gasteiger partial charge in [0.2, 0.25) is 0 Å². The minimum atomic E-state index is -0.487. The lowest BCUT2D eigenvalue weighted by Gasteiger charge is -2.15. The van der Waals surface area contributed by atoms with Crippen molar-refractivity contribution < 1.29 is 9.18 Å². The van der Waals surface area contributed by atoms with Crippen LogP contribution in [0.15, 0.2) is 17.1 Å². The number of nitrogens with two attached hydrogens (primary N) is 1. The number of urea groups is 1. The second-order valence-electron chi connectivity index (χ2n) is 3.99. The molecule has 0 spiro atoms. The summed E-state index contributed by atoms with van der Waals surface area (Å²) in [7, 11) is 1.47. The van der Waals surface area contributed by atoms with Crippen LogP contribution in [-0.4, -0.2) is 19.0 Å². The van der Waals surface area contributed by atoms with Crippen LogP contribution in [-0.2, 0) is 12.8 Å². The van der Waals surface area contributed by atoms with Crippen LogP contribution in [0.4, 0.5) is 14.9 Å². The van der Waals surface area contributed by atoms with E-state index in [2.05, 4.69) is 15.6 Å². The normalized spacial score (nSPS) is 11.3. The molecule has 0 aliphatic rings. The van der Waals surface area contributed by atoms with E-state index < -0.39 is 6.03 Å². The molecule has 0 aliphatic carbocycles. The van der Waals surface area contributed by atoms with E-state index >= 15 is 0 Å². The molecule has 19 heavy (non-hydrogen) atoms. The van der Waals surface area contributed by atoms with Gasteiger partial charge in [0.15, 0.2) is 5.96 Å². The van der Waals surface area contributed by atoms with Gasteiger partial charge in [-0.25, -0.2) is 9.18 Å². The Morgan fingerprint density at radius 1 is 1.32 bits per heavy atom. The largest absolute Gasteiger partial charge is 0.370 e. The molecule has 0 radical (unpaired) electrons. The van der Waals surface area contributed by atoms with Crippen LogP contribution in [0.3, 0.4) is 0 Å². The molecule has 0 atom stereocenters. The Morgan fingerprint density at radius 3 is 2.26 bits per heavy atom. The summed E-state index contributed by atoms with van der Waals surface area (Å²) in [6.45, 7) is 3.80. The monoisotopic (exact) mass is 266 g/mol. The first kappa shape index (κ1) is 14.9. The molecular formula is C13H19FN4O. The number of anilines is 1. The van der Waals surface area contributed by atoms with Crippen LogP contribution in [0.25, 0.3) is 0 Å². The fourth-order valence-electron chi connectivity index (χ4n) is 1.76. The zero-order valence-electron chi connectivity index (χ0n) is 11.4. The predicted molar refractivity (Wildman–Crippen MR) is 74.9 cm³/mol. The van der Waals surface area contributed by atoms with E-state index in [1.807, 2.05) is 13.8 Å². The molecule has 104 valence electrons. The zero-order chi connectivity index (χ0) is 14.4. The number of halogens is 1. The highest BCUT2D eigenvalue weighted by molar-refractivity contribution is 6.02. The smallest absolute Gasteiger partial charge is 0.326 e. The van der Waals surface area contributed by atoms with Crippen LogP contribution in [0.2, 0.25) is 0 Å². The average Bonchev–Trinajstić information content (AvgIpc) is 2.39. The van der Waals surface area contributed by atoms with Gasteiger partial charge in [-0.05, 0) is 36.1 Å². The molecule has 1 rings (SSSR count). The number of guanidine groups is 1. The molecule has 2 amide bonds. The van der Waals surface area contributed by atoms with Gasteiger partial charge in [-0.3, -0.25) is 10.3 Å². The van der Waals surface area contributed by atoms with E-state index in [1.54, 1.807) is 0 Å². The number of hydrogen-bond donors (Lipinski definition) is 3. The van der Waals surface area contributed by atoms with Crippen LogP contribution >= 0.6 is 0 Å². The van der Waals surface area contributed by atoms with Gasteiger partial charge in [-0.15, -0.1) is 0 Å². The molecule has 0 saturated carbocycles. The fraction of sp³-hybridized carbons (Fsp3) is 0.385. The summed E-state index contributed by atoms with van der Waals surface area (Å²) in [4.78, 5) is 15.4. The Kier molecular flexibility index (Phi) is 5.29. The van der Waals surface area contributed by atoms with E-state index in [-0.39, 0.29) is 11.8 Å². The Hall–Kier alpha value is -2.11. The zero-order valence-corrected chi connectivity index (χ0v) is 11.4. The molecule has 1 aromatic rings. The predicted octanol–water partition coefficient (Wildman–Crippen LogP) is 2.02. The minimum Gasteiger partial charge on any atom is -0.370 e. The number of rotatable bonds is 3. The van der Waals surface area contributed by atoms with Gasteiger partial charge >= 0.3 is 6.03 Å². The Morgan fingerprint density at radius 2 is 1.84 bits per heavy atom. The van der Waals surface area contributed by atoms with Crippen LogP contribution < -0.4 is 16.4 Å². The highest BCUT2D eigenvalue weighted by atomic mass is 19.1. The van der Waals surface area contributed by atoms with Crippen molar-refractivity contribution in [3.8, 4) is 0 Å². The lowest BCUT2D eigenvalue weighted by molar-refractivity contribution is 0.256. The molecule has 1 aromatic carbocycles. The fourth-order valence-corrected chi connectivity index (χ4v) is 1.76. The minimum absolute atomic E-state index is 0.0238. The van der Waals surface area contributed by atoms with Crippen molar-refractivity contribution in [3.05, 3.63) is 29.1 Å². The summed E-state index contributed by atoms with van der Waals surface area (Å²) < 4.78 is 13.4. The van der Waals surface area contributed by atoms with Crippen molar-refractivity contribution in [2.45, 2.75) is 26.7 Å². The molecule has 0 aromatic heterocycles. The summed E-state index contributed by atoms with van der Waals surface area (Å²) in [6, 6.07) is 2.36. The maximum Gasteiger partial charge on any atom is 0.326 e. The van der Waals surface area contributed by atoms with Crippen LogP contribution in [0, 0.1) is 5.82 Å². The summed E-state index contributed by atoms with van der Waals surface area (Å²) in [5.41, 5.74) is 7.54. The summed E-state index contributed by atoms with van der Waals surface area (Å²) >= 11 is 0. The highest BCUT2D eigenvalue weighted by Gasteiger charge is 2.12. The lowest BCUT2D eigenvalue weighted by atomic mass is 10.0. The van der Waals surface area contributed by atoms with Gasteiger partial charge in [0.1, 0.15) is 5.82 Å². The third-order valence-corrected chi connectivity index (χ3v) is 2.75. The topological polar surface area (TPSA) is 79.5 Å². The van der Waals surface area contributed by atoms with E-state index in [9.17, 15) is 9.18 Å². The first-order chi connectivity index (χ1) is 9.01. The third-order valence-electron chi connectivity index (χ3n) is 2.75. The third kappa shape index (κ3) is 3.94. The number of hydrogen-bond acceptors (Lipinski definition) is 2. The highest BCUT2D eigenvalue weighted by Crippen LogP contribution is 2.24. The molecule has 0 saturated heterocycles. The Bertz CT molecular complexity index is 474. The molecule has 0 heterocycles. The van der Waals surface area contributed by atoms with Crippen molar-refractivity contribution in [3.63, 3.8) is 0 Å². The van der Waals surface area contributed by atoms with Crippen LogP contribution in [0.5, 0.6) is 0 Å². The van der Waals surface area contributed by atoms with E-state index in [0.29, 0.717) is 18.5 Å². The summed E-state index contributed by atoms with van der Waals surface area (Å²) in [5.74, 6) is -0.273. The van der Waals surface area contributed by atoms with Gasteiger partial charge in [0, 0.05) is 12.7 Å². The number of carbonyl (C=O) groups is 1. The molecule has 0 bridgehead atoms. The quantitative estimate of drug-likeness (QED) is 0.578. The maximum atomic E-state index is 13.4. The number of carbonyl (C=O) groups excluding carboxylic acids is 1. The summed E-state index contributed by atoms with van der Waals surface area (Å²) in [6.07, 6.45) is 1.25. The Balaban J connectivity index is 3.02. The second-order valence-corrected chi connectivity index (χ2v) is 3.99. The molecule has 0 unspecified atom stereocenters. The van der Waals surface area contributed by atoms with E-state index in [1.165, 1.54) is 19.2 Å². The number of nitrogens with zero attached hydrogens (tertiary/aromatic N) is 1. The van der Waals surface area contributed by atoms with Gasteiger partial charge < -0.3 is 11.1 Å². The number of nitrogens with one attached hydrogen (secondary N) is 2. The number of aliphatic imine (C=N–C) groups is 1. The molecule has 6 heteroatoms. The number of amides is 2. The summed E-state index contributed by atoms with van der Waals surface area (Å²) in [5, 5.41) is 5.08. The lowest BCUT2D eigenvalue weighted by Crippen LogP contribution is -2.39. The molecule has 0 aliphatic heterocycles. The average molecular weight is 266 g/mol. The van der Waals surface area contributed by atoms with Crippen molar-refractivity contribution in [2.24, 2.45) is 10.7 Å². The number of benzene rings is 1. The van der Waals surface area contributed by atoms with Crippen LogP contribution in [0.1, 0.15) is 25.0 Å². The first-order valence-corrected chi connectivity index (χ1v) is 6.13. The van der Waals surface area contributed by atoms with Crippen molar-refractivity contribution in [1.82, 2.24) is 5.32 Å². The molecule has 0 fully saturated rings. The van der Waals surface area contributed by atoms with E-state index in [0.717, 1.165) is 11.1 Å². The maximum absolute atomic E-state index is 13.4.